The quantitative estimate of drug-likeness (QED) is 0.649. The van der Waals surface area contributed by atoms with Crippen LogP contribution in [0.5, 0.6) is 5.75 Å². The Hall–Kier alpha value is -3.13. The van der Waals surface area contributed by atoms with Gasteiger partial charge in [-0.1, -0.05) is 23.5 Å². The number of fused-ring (bicyclic) bond motifs is 2. The average molecular weight is 422 g/mol. The second-order valence-electron chi connectivity index (χ2n) is 8.21. The molecule has 30 heavy (non-hydrogen) atoms. The number of ether oxygens (including phenoxy) is 1. The molecule has 1 amide bonds. The Balaban J connectivity index is 1.52. The van der Waals surface area contributed by atoms with E-state index in [-0.39, 0.29) is 11.4 Å². The molecule has 0 radical (unpaired) electrons. The summed E-state index contributed by atoms with van der Waals surface area (Å²) in [6.45, 7) is 9.74. The molecule has 1 N–H and O–H groups in total. The number of hydrogen-bond donors (Lipinski definition) is 1. The summed E-state index contributed by atoms with van der Waals surface area (Å²) in [6, 6.07) is 6.14. The third-order valence-electron chi connectivity index (χ3n) is 5.29. The number of thiazole rings is 1. The lowest BCUT2D eigenvalue weighted by atomic mass is 9.94. The van der Waals surface area contributed by atoms with Gasteiger partial charge in [0, 0.05) is 23.7 Å². The number of nitrogens with zero attached hydrogens (tertiary/aromatic N) is 4. The minimum absolute atomic E-state index is 0.0399. The van der Waals surface area contributed by atoms with Crippen molar-refractivity contribution in [3.05, 3.63) is 53.8 Å². The van der Waals surface area contributed by atoms with Crippen molar-refractivity contribution in [1.82, 2.24) is 20.1 Å². The molecule has 2 aliphatic rings. The van der Waals surface area contributed by atoms with Gasteiger partial charge in [-0.2, -0.15) is 5.10 Å². The number of anilines is 2. The summed E-state index contributed by atoms with van der Waals surface area (Å²) < 4.78 is 7.74. The summed E-state index contributed by atoms with van der Waals surface area (Å²) in [6.07, 6.45) is 6.41. The lowest BCUT2D eigenvalue weighted by molar-refractivity contribution is 0.0901. The highest BCUT2D eigenvalue weighted by molar-refractivity contribution is 7.17. The molecule has 154 valence electrons. The third kappa shape index (κ3) is 3.27. The first kappa shape index (κ1) is 18.9. The van der Waals surface area contributed by atoms with Crippen LogP contribution in [0.1, 0.15) is 29.2 Å². The Morgan fingerprint density at radius 2 is 2.23 bits per heavy atom. The van der Waals surface area contributed by atoms with Crippen LogP contribution in [-0.4, -0.2) is 39.4 Å². The number of carbonyl (C=O) groups excluding carboxylic acids is 1. The molecular weight excluding hydrogens is 398 g/mol. The second-order valence-corrected chi connectivity index (χ2v) is 9.19. The van der Waals surface area contributed by atoms with E-state index in [0.29, 0.717) is 24.6 Å². The molecule has 8 heteroatoms. The summed E-state index contributed by atoms with van der Waals surface area (Å²) >= 11 is 1.45. The molecular formula is C22H23N5O2S. The van der Waals surface area contributed by atoms with Crippen LogP contribution >= 0.6 is 11.3 Å². The van der Waals surface area contributed by atoms with Crippen LogP contribution in [0, 0.1) is 0 Å². The Kier molecular flexibility index (Phi) is 4.39. The van der Waals surface area contributed by atoms with Gasteiger partial charge in [-0.3, -0.25) is 9.48 Å². The molecule has 0 atom stereocenters. The van der Waals surface area contributed by atoms with Gasteiger partial charge in [-0.05, 0) is 31.5 Å². The van der Waals surface area contributed by atoms with Gasteiger partial charge < -0.3 is 15.0 Å². The van der Waals surface area contributed by atoms with Crippen LogP contribution in [0.3, 0.4) is 0 Å². The number of carbonyl (C=O) groups is 1. The predicted molar refractivity (Wildman–Crippen MR) is 118 cm³/mol. The summed E-state index contributed by atoms with van der Waals surface area (Å²) in [5, 5.41) is 8.28. The van der Waals surface area contributed by atoms with Crippen LogP contribution < -0.4 is 15.0 Å². The standard InChI is InChI=1S/C22H23N5O2S/c1-4-7-26-13-15(12-23-26)14-5-6-18-17(10-14)27(8-9-29-18)21-24-16-11-22(2,3)25-20(28)19(16)30-21/h4-6,10,12-13H,1,7-9,11H2,2-3H3,(H,25,28). The number of nitrogens with one attached hydrogen (secondary N) is 1. The SMILES string of the molecule is C=CCn1cc(-c2ccc3c(c2)N(c2nc4c(s2)C(=O)NC(C)(C)C4)CCO3)cn1. The topological polar surface area (TPSA) is 72.3 Å². The van der Waals surface area contributed by atoms with Gasteiger partial charge in [0.2, 0.25) is 0 Å². The van der Waals surface area contributed by atoms with Gasteiger partial charge >= 0.3 is 0 Å². The molecule has 4 heterocycles. The van der Waals surface area contributed by atoms with Crippen molar-refractivity contribution in [2.45, 2.75) is 32.4 Å². The van der Waals surface area contributed by atoms with E-state index in [0.717, 1.165) is 39.8 Å². The molecule has 2 aromatic heterocycles. The van der Waals surface area contributed by atoms with Gasteiger partial charge in [0.15, 0.2) is 5.13 Å². The number of amides is 1. The van der Waals surface area contributed by atoms with Gasteiger partial charge in [0.25, 0.3) is 5.91 Å². The van der Waals surface area contributed by atoms with E-state index in [2.05, 4.69) is 28.0 Å². The van der Waals surface area contributed by atoms with E-state index < -0.39 is 0 Å². The highest BCUT2D eigenvalue weighted by Gasteiger charge is 2.34. The lowest BCUT2D eigenvalue weighted by Gasteiger charge is -2.29. The Labute approximate surface area is 179 Å². The van der Waals surface area contributed by atoms with E-state index in [9.17, 15) is 4.79 Å². The highest BCUT2D eigenvalue weighted by Crippen LogP contribution is 2.42. The molecule has 0 unspecified atom stereocenters. The van der Waals surface area contributed by atoms with Gasteiger partial charge in [0.1, 0.15) is 17.2 Å². The summed E-state index contributed by atoms with van der Waals surface area (Å²) in [7, 11) is 0. The van der Waals surface area contributed by atoms with Crippen molar-refractivity contribution in [1.29, 1.82) is 0 Å². The molecule has 7 nitrogen and oxygen atoms in total. The summed E-state index contributed by atoms with van der Waals surface area (Å²) in [4.78, 5) is 20.2. The van der Waals surface area contributed by atoms with Gasteiger partial charge in [0.05, 0.1) is 30.7 Å². The zero-order valence-electron chi connectivity index (χ0n) is 17.0. The third-order valence-corrected chi connectivity index (χ3v) is 6.41. The molecule has 0 saturated carbocycles. The molecule has 0 aliphatic carbocycles. The normalized spacial score (nSPS) is 17.0. The average Bonchev–Trinajstić information content (AvgIpc) is 3.34. The summed E-state index contributed by atoms with van der Waals surface area (Å²) in [5.41, 5.74) is 3.64. The summed E-state index contributed by atoms with van der Waals surface area (Å²) in [5.74, 6) is 0.781. The van der Waals surface area contributed by atoms with Crippen molar-refractivity contribution in [2.24, 2.45) is 0 Å². The molecule has 0 saturated heterocycles. The molecule has 0 bridgehead atoms. The second kappa shape index (κ2) is 6.98. The Morgan fingerprint density at radius 3 is 3.07 bits per heavy atom. The molecule has 1 aromatic carbocycles. The zero-order chi connectivity index (χ0) is 20.9. The maximum absolute atomic E-state index is 12.5. The fourth-order valence-electron chi connectivity index (χ4n) is 3.92. The first-order valence-electron chi connectivity index (χ1n) is 9.94. The van der Waals surface area contributed by atoms with Crippen LogP contribution in [0.25, 0.3) is 11.1 Å². The largest absolute Gasteiger partial charge is 0.490 e. The monoisotopic (exact) mass is 421 g/mol. The van der Waals surface area contributed by atoms with Gasteiger partial charge in [-0.25, -0.2) is 4.98 Å². The number of benzene rings is 1. The molecule has 0 fully saturated rings. The maximum Gasteiger partial charge on any atom is 0.263 e. The number of aromatic nitrogens is 3. The van der Waals surface area contributed by atoms with Gasteiger partial charge in [-0.15, -0.1) is 6.58 Å². The fourth-order valence-corrected chi connectivity index (χ4v) is 4.94. The minimum atomic E-state index is -0.281. The molecule has 3 aromatic rings. The molecule has 0 spiro atoms. The van der Waals surface area contributed by atoms with Crippen LogP contribution in [0.2, 0.25) is 0 Å². The predicted octanol–water partition coefficient (Wildman–Crippen LogP) is 3.79. The van der Waals surface area contributed by atoms with Crippen LogP contribution in [-0.2, 0) is 13.0 Å². The van der Waals surface area contributed by atoms with Crippen molar-refractivity contribution in [3.63, 3.8) is 0 Å². The van der Waals surface area contributed by atoms with E-state index >= 15 is 0 Å². The van der Waals surface area contributed by atoms with Crippen molar-refractivity contribution in [2.75, 3.05) is 18.1 Å². The number of rotatable bonds is 4. The van der Waals surface area contributed by atoms with E-state index in [4.69, 9.17) is 9.72 Å². The van der Waals surface area contributed by atoms with E-state index in [1.54, 1.807) is 0 Å². The first-order valence-corrected chi connectivity index (χ1v) is 10.8. The smallest absolute Gasteiger partial charge is 0.263 e. The Bertz CT molecular complexity index is 1150. The zero-order valence-corrected chi connectivity index (χ0v) is 17.8. The van der Waals surface area contributed by atoms with Crippen molar-refractivity contribution >= 4 is 28.1 Å². The van der Waals surface area contributed by atoms with E-state index in [1.807, 2.05) is 49.1 Å². The highest BCUT2D eigenvalue weighted by atomic mass is 32.1. The first-order chi connectivity index (χ1) is 14.4. The number of allylic oxidation sites excluding steroid dienone is 1. The van der Waals surface area contributed by atoms with Crippen molar-refractivity contribution < 1.29 is 9.53 Å². The Morgan fingerprint density at radius 1 is 1.37 bits per heavy atom. The molecule has 2 aliphatic heterocycles. The minimum Gasteiger partial charge on any atom is -0.490 e. The number of hydrogen-bond acceptors (Lipinski definition) is 6. The van der Waals surface area contributed by atoms with Crippen molar-refractivity contribution in [3.8, 4) is 16.9 Å². The molecule has 5 rings (SSSR count). The van der Waals surface area contributed by atoms with Crippen LogP contribution in [0.4, 0.5) is 10.8 Å². The van der Waals surface area contributed by atoms with Crippen LogP contribution in [0.15, 0.2) is 43.2 Å². The fraction of sp³-hybridized carbons (Fsp3) is 0.318. The lowest BCUT2D eigenvalue weighted by Crippen LogP contribution is -2.48. The maximum atomic E-state index is 12.5. The van der Waals surface area contributed by atoms with E-state index in [1.165, 1.54) is 11.3 Å².